The van der Waals surface area contributed by atoms with Crippen LogP contribution in [0.5, 0.6) is 0 Å². The molecule has 2 aromatic heterocycles. The molecule has 0 bridgehead atoms. The Labute approximate surface area is 168 Å². The largest absolute Gasteiger partial charge is 0.352 e. The number of nitrogens with one attached hydrogen (secondary N) is 2. The molecule has 8 heteroatoms. The van der Waals surface area contributed by atoms with Gasteiger partial charge < -0.3 is 10.3 Å². The molecule has 0 unspecified atom stereocenters. The number of amides is 1. The lowest BCUT2D eigenvalue weighted by Crippen LogP contribution is -2.24. The second-order valence-corrected chi connectivity index (χ2v) is 6.86. The Morgan fingerprint density at radius 1 is 1.24 bits per heavy atom. The van der Waals surface area contributed by atoms with Gasteiger partial charge in [-0.15, -0.1) is 0 Å². The summed E-state index contributed by atoms with van der Waals surface area (Å²) in [5.74, 6) is -0.0831. The average Bonchev–Trinajstić information content (AvgIpc) is 3.20. The van der Waals surface area contributed by atoms with Crippen molar-refractivity contribution < 1.29 is 4.79 Å². The van der Waals surface area contributed by atoms with Gasteiger partial charge in [-0.2, -0.15) is 10.4 Å². The van der Waals surface area contributed by atoms with Crippen LogP contribution in [0.4, 0.5) is 0 Å². The molecule has 1 amide bonds. The zero-order valence-electron chi connectivity index (χ0n) is 16.4. The minimum Gasteiger partial charge on any atom is -0.352 e. The molecule has 148 valence electrons. The van der Waals surface area contributed by atoms with Crippen molar-refractivity contribution in [2.45, 2.75) is 39.8 Å². The van der Waals surface area contributed by atoms with Gasteiger partial charge in [0.05, 0.1) is 6.54 Å². The highest BCUT2D eigenvalue weighted by Gasteiger charge is 2.13. The molecule has 2 heterocycles. The number of aromatic amines is 1. The first-order chi connectivity index (χ1) is 14.0. The Morgan fingerprint density at radius 3 is 2.62 bits per heavy atom. The fraction of sp³-hybridized carbons (Fsp3) is 0.286. The predicted molar refractivity (Wildman–Crippen MR) is 107 cm³/mol. The van der Waals surface area contributed by atoms with Gasteiger partial charge in [-0.3, -0.25) is 9.59 Å². The molecular weight excluding hydrogens is 368 g/mol. The maximum atomic E-state index is 12.2. The summed E-state index contributed by atoms with van der Waals surface area (Å²) in [4.78, 5) is 30.6. The van der Waals surface area contributed by atoms with Gasteiger partial charge in [-0.05, 0) is 42.5 Å². The summed E-state index contributed by atoms with van der Waals surface area (Å²) in [6, 6.07) is 9.88. The lowest BCUT2D eigenvalue weighted by molar-refractivity contribution is -0.121. The van der Waals surface area contributed by atoms with Gasteiger partial charge in [0.1, 0.15) is 24.3 Å². The number of nitrogens with zero attached hydrogens (tertiary/aromatic N) is 4. The van der Waals surface area contributed by atoms with Gasteiger partial charge in [-0.25, -0.2) is 9.67 Å². The van der Waals surface area contributed by atoms with Crippen LogP contribution in [0, 0.1) is 25.2 Å². The molecule has 3 rings (SSSR count). The summed E-state index contributed by atoms with van der Waals surface area (Å²) in [7, 11) is 0. The summed E-state index contributed by atoms with van der Waals surface area (Å²) in [5.41, 5.74) is 4.01. The maximum Gasteiger partial charge on any atom is 0.266 e. The Balaban J connectivity index is 1.53. The SMILES string of the molecule is Cc1[nH]c(=O)c(C#N)c(C)c1CCC(=O)NCc1ccc(Cn2cncn2)cc1. The quantitative estimate of drug-likeness (QED) is 0.637. The number of pyridine rings is 1. The summed E-state index contributed by atoms with van der Waals surface area (Å²) < 4.78 is 1.75. The van der Waals surface area contributed by atoms with E-state index in [1.807, 2.05) is 30.3 Å². The molecule has 1 aromatic carbocycles. The highest BCUT2D eigenvalue weighted by atomic mass is 16.1. The number of H-pyrrole nitrogens is 1. The third kappa shape index (κ3) is 4.96. The topological polar surface area (TPSA) is 116 Å². The van der Waals surface area contributed by atoms with Crippen LogP contribution in [-0.2, 0) is 24.3 Å². The first kappa shape index (κ1) is 20.0. The fourth-order valence-electron chi connectivity index (χ4n) is 3.21. The van der Waals surface area contributed by atoms with Crippen LogP contribution in [0.25, 0.3) is 0 Å². The van der Waals surface area contributed by atoms with E-state index in [2.05, 4.69) is 20.4 Å². The Morgan fingerprint density at radius 2 is 1.97 bits per heavy atom. The molecule has 0 aliphatic carbocycles. The average molecular weight is 390 g/mol. The van der Waals surface area contributed by atoms with E-state index in [4.69, 9.17) is 5.26 Å². The number of aromatic nitrogens is 4. The Bertz CT molecular complexity index is 1090. The van der Waals surface area contributed by atoms with Crippen LogP contribution in [0.2, 0.25) is 0 Å². The third-order valence-electron chi connectivity index (χ3n) is 4.85. The van der Waals surface area contributed by atoms with E-state index in [1.54, 1.807) is 24.9 Å². The third-order valence-corrected chi connectivity index (χ3v) is 4.85. The van der Waals surface area contributed by atoms with Crippen molar-refractivity contribution in [2.75, 3.05) is 0 Å². The zero-order chi connectivity index (χ0) is 20.8. The molecule has 0 spiro atoms. The molecule has 0 fully saturated rings. The molecule has 0 aliphatic rings. The molecule has 2 N–H and O–H groups in total. The number of rotatable bonds is 7. The minimum absolute atomic E-state index is 0.0831. The lowest BCUT2D eigenvalue weighted by Gasteiger charge is -2.11. The molecule has 29 heavy (non-hydrogen) atoms. The van der Waals surface area contributed by atoms with Crippen LogP contribution < -0.4 is 10.9 Å². The monoisotopic (exact) mass is 390 g/mol. The molecule has 0 saturated heterocycles. The summed E-state index contributed by atoms with van der Waals surface area (Å²) in [6.45, 7) is 4.61. The van der Waals surface area contributed by atoms with Crippen LogP contribution in [0.15, 0.2) is 41.7 Å². The number of benzene rings is 1. The van der Waals surface area contributed by atoms with E-state index in [-0.39, 0.29) is 23.5 Å². The zero-order valence-corrected chi connectivity index (χ0v) is 16.4. The van der Waals surface area contributed by atoms with Gasteiger partial charge >= 0.3 is 0 Å². The van der Waals surface area contributed by atoms with Crippen molar-refractivity contribution in [3.8, 4) is 6.07 Å². The van der Waals surface area contributed by atoms with Gasteiger partial charge in [-0.1, -0.05) is 24.3 Å². The van der Waals surface area contributed by atoms with Crippen molar-refractivity contribution in [3.63, 3.8) is 0 Å². The standard InChI is InChI=1S/C21H22N6O2/c1-14-18(15(2)26-21(29)19(14)9-22)7-8-20(28)24-10-16-3-5-17(6-4-16)11-27-13-23-12-25-27/h3-6,12-13H,7-8,10-11H2,1-2H3,(H,24,28)(H,26,29). The highest BCUT2D eigenvalue weighted by Crippen LogP contribution is 2.15. The molecular formula is C21H22N6O2. The molecule has 0 aliphatic heterocycles. The van der Waals surface area contributed by atoms with Gasteiger partial charge in [0.25, 0.3) is 5.56 Å². The van der Waals surface area contributed by atoms with E-state index in [0.717, 1.165) is 16.7 Å². The minimum atomic E-state index is -0.386. The van der Waals surface area contributed by atoms with Crippen molar-refractivity contribution in [3.05, 3.63) is 80.8 Å². The second-order valence-electron chi connectivity index (χ2n) is 6.86. The van der Waals surface area contributed by atoms with E-state index < -0.39 is 0 Å². The van der Waals surface area contributed by atoms with Crippen molar-refractivity contribution in [2.24, 2.45) is 0 Å². The van der Waals surface area contributed by atoms with Gasteiger partial charge in [0.2, 0.25) is 5.91 Å². The number of carbonyl (C=O) groups excluding carboxylic acids is 1. The normalized spacial score (nSPS) is 10.5. The Kier molecular flexibility index (Phi) is 6.19. The molecule has 0 atom stereocenters. The van der Waals surface area contributed by atoms with E-state index >= 15 is 0 Å². The van der Waals surface area contributed by atoms with Crippen molar-refractivity contribution in [1.29, 1.82) is 5.26 Å². The van der Waals surface area contributed by atoms with Crippen LogP contribution >= 0.6 is 0 Å². The molecule has 3 aromatic rings. The Hall–Kier alpha value is -3.73. The van der Waals surface area contributed by atoms with E-state index in [9.17, 15) is 9.59 Å². The summed E-state index contributed by atoms with van der Waals surface area (Å²) in [6.07, 6.45) is 3.91. The first-order valence-corrected chi connectivity index (χ1v) is 9.27. The maximum absolute atomic E-state index is 12.2. The predicted octanol–water partition coefficient (Wildman–Crippen LogP) is 1.75. The number of hydrogen-bond acceptors (Lipinski definition) is 5. The number of nitriles is 1. The fourth-order valence-corrected chi connectivity index (χ4v) is 3.21. The summed E-state index contributed by atoms with van der Waals surface area (Å²) in [5, 5.41) is 16.1. The van der Waals surface area contributed by atoms with Gasteiger partial charge in [0, 0.05) is 18.7 Å². The number of hydrogen-bond donors (Lipinski definition) is 2. The van der Waals surface area contributed by atoms with Crippen LogP contribution in [0.1, 0.15) is 39.9 Å². The highest BCUT2D eigenvalue weighted by molar-refractivity contribution is 5.76. The smallest absolute Gasteiger partial charge is 0.266 e. The molecule has 0 radical (unpaired) electrons. The first-order valence-electron chi connectivity index (χ1n) is 9.27. The van der Waals surface area contributed by atoms with Crippen molar-refractivity contribution >= 4 is 5.91 Å². The van der Waals surface area contributed by atoms with Gasteiger partial charge in [0.15, 0.2) is 0 Å². The summed E-state index contributed by atoms with van der Waals surface area (Å²) >= 11 is 0. The number of carbonyl (C=O) groups is 1. The van der Waals surface area contributed by atoms with Crippen LogP contribution in [-0.4, -0.2) is 25.7 Å². The second kappa shape index (κ2) is 8.97. The number of aryl methyl sites for hydroxylation is 1. The van der Waals surface area contributed by atoms with Crippen molar-refractivity contribution in [1.82, 2.24) is 25.1 Å². The van der Waals surface area contributed by atoms with Crippen LogP contribution in [0.3, 0.4) is 0 Å². The lowest BCUT2D eigenvalue weighted by atomic mass is 9.99. The molecule has 8 nitrogen and oxygen atoms in total. The van der Waals surface area contributed by atoms with E-state index in [0.29, 0.717) is 30.8 Å². The van der Waals surface area contributed by atoms with E-state index in [1.165, 1.54) is 6.33 Å². The molecule has 0 saturated carbocycles.